The third-order valence-electron chi connectivity index (χ3n) is 2.77. The van der Waals surface area contributed by atoms with E-state index in [9.17, 15) is 4.79 Å². The molecule has 1 aromatic carbocycles. The number of carbonyl (C=O) groups is 1. The van der Waals surface area contributed by atoms with Gasteiger partial charge in [0, 0.05) is 18.7 Å². The van der Waals surface area contributed by atoms with Crippen LogP contribution in [0.4, 0.5) is 0 Å². The molecule has 112 valence electrons. The summed E-state index contributed by atoms with van der Waals surface area (Å²) < 4.78 is 10.6. The molecule has 0 amide bonds. The maximum atomic E-state index is 11.8. The second kappa shape index (κ2) is 7.29. The van der Waals surface area contributed by atoms with Crippen molar-refractivity contribution < 1.29 is 14.3 Å². The Hall–Kier alpha value is -1.55. The number of hydrogen-bond donors (Lipinski definition) is 1. The van der Waals surface area contributed by atoms with Crippen LogP contribution >= 0.6 is 0 Å². The van der Waals surface area contributed by atoms with Gasteiger partial charge < -0.3 is 14.8 Å². The highest BCUT2D eigenvalue weighted by Gasteiger charge is 2.21. The minimum Gasteiger partial charge on any atom is -0.496 e. The van der Waals surface area contributed by atoms with Crippen molar-refractivity contribution in [1.82, 2.24) is 5.32 Å². The lowest BCUT2D eigenvalue weighted by Crippen LogP contribution is -2.32. The average Bonchev–Trinajstić information content (AvgIpc) is 2.37. The number of ether oxygens (including phenoxy) is 2. The monoisotopic (exact) mass is 279 g/mol. The van der Waals surface area contributed by atoms with Gasteiger partial charge in [0.25, 0.3) is 0 Å². The zero-order valence-corrected chi connectivity index (χ0v) is 13.0. The molecule has 1 aromatic rings. The summed E-state index contributed by atoms with van der Waals surface area (Å²) in [6.45, 7) is 8.73. The third kappa shape index (κ3) is 5.61. The van der Waals surface area contributed by atoms with Crippen LogP contribution in [0.1, 0.15) is 33.3 Å². The highest BCUT2D eigenvalue weighted by molar-refractivity contribution is 5.72. The molecule has 4 nitrogen and oxygen atoms in total. The Morgan fingerprint density at radius 1 is 1.30 bits per heavy atom. The highest BCUT2D eigenvalue weighted by atomic mass is 16.6. The van der Waals surface area contributed by atoms with Crippen LogP contribution in [0, 0.1) is 5.92 Å². The summed E-state index contributed by atoms with van der Waals surface area (Å²) in [7, 11) is 1.65. The smallest absolute Gasteiger partial charge is 0.310 e. The molecule has 0 radical (unpaired) electrons. The molecule has 0 fully saturated rings. The van der Waals surface area contributed by atoms with Gasteiger partial charge in [-0.05, 0) is 26.8 Å². The Morgan fingerprint density at radius 2 is 1.95 bits per heavy atom. The molecule has 0 aromatic heterocycles. The molecule has 0 aliphatic rings. The van der Waals surface area contributed by atoms with E-state index >= 15 is 0 Å². The third-order valence-corrected chi connectivity index (χ3v) is 2.77. The van der Waals surface area contributed by atoms with E-state index in [-0.39, 0.29) is 11.9 Å². The Balaban J connectivity index is 2.42. The first kappa shape index (κ1) is 16.5. The van der Waals surface area contributed by atoms with Crippen molar-refractivity contribution >= 4 is 5.97 Å². The van der Waals surface area contributed by atoms with E-state index in [0.29, 0.717) is 13.1 Å². The van der Waals surface area contributed by atoms with Crippen molar-refractivity contribution in [3.05, 3.63) is 29.8 Å². The number of para-hydroxylation sites is 1. The lowest BCUT2D eigenvalue weighted by Gasteiger charge is -2.22. The minimum absolute atomic E-state index is 0.176. The molecule has 1 atom stereocenters. The van der Waals surface area contributed by atoms with Crippen LogP contribution in [0.3, 0.4) is 0 Å². The van der Waals surface area contributed by atoms with Crippen LogP contribution in [0.2, 0.25) is 0 Å². The van der Waals surface area contributed by atoms with E-state index in [1.165, 1.54) is 0 Å². The summed E-state index contributed by atoms with van der Waals surface area (Å²) in [5.74, 6) is 0.499. The molecule has 0 bridgehead atoms. The molecule has 0 saturated heterocycles. The molecular formula is C16H25NO3. The number of rotatable bonds is 6. The van der Waals surface area contributed by atoms with Gasteiger partial charge in [0.1, 0.15) is 11.4 Å². The first-order valence-corrected chi connectivity index (χ1v) is 6.89. The molecular weight excluding hydrogens is 254 g/mol. The minimum atomic E-state index is -0.437. The Kier molecular flexibility index (Phi) is 6.02. The first-order valence-electron chi connectivity index (χ1n) is 6.89. The zero-order valence-electron chi connectivity index (χ0n) is 13.0. The fourth-order valence-corrected chi connectivity index (χ4v) is 1.76. The van der Waals surface area contributed by atoms with Crippen molar-refractivity contribution in [2.75, 3.05) is 13.7 Å². The van der Waals surface area contributed by atoms with Crippen molar-refractivity contribution in [3.63, 3.8) is 0 Å². The van der Waals surface area contributed by atoms with Crippen molar-refractivity contribution in [2.24, 2.45) is 5.92 Å². The number of esters is 1. The highest BCUT2D eigenvalue weighted by Crippen LogP contribution is 2.17. The van der Waals surface area contributed by atoms with Crippen LogP contribution in [0.5, 0.6) is 5.75 Å². The standard InChI is InChI=1S/C16H25NO3/c1-12(15(18)20-16(2,3)4)10-17-11-13-8-6-7-9-14(13)19-5/h6-9,12,17H,10-11H2,1-5H3. The van der Waals surface area contributed by atoms with Gasteiger partial charge >= 0.3 is 5.97 Å². The SMILES string of the molecule is COc1ccccc1CNCC(C)C(=O)OC(C)(C)C. The van der Waals surface area contributed by atoms with E-state index in [0.717, 1.165) is 11.3 Å². The van der Waals surface area contributed by atoms with Gasteiger partial charge in [-0.15, -0.1) is 0 Å². The summed E-state index contributed by atoms with van der Waals surface area (Å²) in [6.07, 6.45) is 0. The van der Waals surface area contributed by atoms with E-state index in [1.807, 2.05) is 52.0 Å². The van der Waals surface area contributed by atoms with Crippen LogP contribution in [0.15, 0.2) is 24.3 Å². The van der Waals surface area contributed by atoms with Gasteiger partial charge in [0.05, 0.1) is 13.0 Å². The Morgan fingerprint density at radius 3 is 2.55 bits per heavy atom. The second-order valence-corrected chi connectivity index (χ2v) is 5.88. The summed E-state index contributed by atoms with van der Waals surface area (Å²) in [5, 5.41) is 3.26. The molecule has 20 heavy (non-hydrogen) atoms. The molecule has 0 aliphatic carbocycles. The van der Waals surface area contributed by atoms with Gasteiger partial charge in [0.15, 0.2) is 0 Å². The van der Waals surface area contributed by atoms with Crippen molar-refractivity contribution in [1.29, 1.82) is 0 Å². The molecule has 0 aliphatic heterocycles. The maximum Gasteiger partial charge on any atom is 0.310 e. The molecule has 1 N–H and O–H groups in total. The quantitative estimate of drug-likeness (QED) is 0.813. The number of benzene rings is 1. The molecule has 0 spiro atoms. The predicted octanol–water partition coefficient (Wildman–Crippen LogP) is 2.76. The van der Waals surface area contributed by atoms with Crippen LogP contribution in [0.25, 0.3) is 0 Å². The average molecular weight is 279 g/mol. The van der Waals surface area contributed by atoms with E-state index in [1.54, 1.807) is 7.11 Å². The fourth-order valence-electron chi connectivity index (χ4n) is 1.76. The van der Waals surface area contributed by atoms with Gasteiger partial charge in [-0.25, -0.2) is 0 Å². The molecule has 1 rings (SSSR count). The van der Waals surface area contributed by atoms with E-state index < -0.39 is 5.60 Å². The fraction of sp³-hybridized carbons (Fsp3) is 0.562. The van der Waals surface area contributed by atoms with E-state index in [4.69, 9.17) is 9.47 Å². The predicted molar refractivity (Wildman–Crippen MR) is 79.7 cm³/mol. The van der Waals surface area contributed by atoms with Gasteiger partial charge in [-0.3, -0.25) is 4.79 Å². The number of nitrogens with one attached hydrogen (secondary N) is 1. The van der Waals surface area contributed by atoms with Gasteiger partial charge in [-0.1, -0.05) is 25.1 Å². The summed E-state index contributed by atoms with van der Waals surface area (Å²) >= 11 is 0. The number of hydrogen-bond acceptors (Lipinski definition) is 4. The first-order chi connectivity index (χ1) is 9.33. The number of carbonyl (C=O) groups excluding carboxylic acids is 1. The Bertz CT molecular complexity index is 438. The van der Waals surface area contributed by atoms with Gasteiger partial charge in [0.2, 0.25) is 0 Å². The largest absolute Gasteiger partial charge is 0.496 e. The van der Waals surface area contributed by atoms with E-state index in [2.05, 4.69) is 5.32 Å². The van der Waals surface area contributed by atoms with Crippen LogP contribution < -0.4 is 10.1 Å². The van der Waals surface area contributed by atoms with Crippen molar-refractivity contribution in [2.45, 2.75) is 39.8 Å². The topological polar surface area (TPSA) is 47.6 Å². The Labute approximate surface area is 121 Å². The molecule has 0 saturated carbocycles. The molecule has 4 heteroatoms. The van der Waals surface area contributed by atoms with Crippen LogP contribution in [-0.2, 0) is 16.1 Å². The second-order valence-electron chi connectivity index (χ2n) is 5.88. The zero-order chi connectivity index (χ0) is 15.2. The summed E-state index contributed by atoms with van der Waals surface area (Å²) in [6, 6.07) is 7.83. The maximum absolute atomic E-state index is 11.8. The summed E-state index contributed by atoms with van der Waals surface area (Å²) in [5.41, 5.74) is 0.639. The van der Waals surface area contributed by atoms with Crippen LogP contribution in [-0.4, -0.2) is 25.2 Å². The normalized spacial score (nSPS) is 12.8. The molecule has 0 heterocycles. The molecule has 1 unspecified atom stereocenters. The van der Waals surface area contributed by atoms with Crippen molar-refractivity contribution in [3.8, 4) is 5.75 Å². The lowest BCUT2D eigenvalue weighted by atomic mass is 10.1. The summed E-state index contributed by atoms with van der Waals surface area (Å²) in [4.78, 5) is 11.8. The van der Waals surface area contributed by atoms with Gasteiger partial charge in [-0.2, -0.15) is 0 Å². The lowest BCUT2D eigenvalue weighted by molar-refractivity contribution is -0.159. The number of methoxy groups -OCH3 is 1.